The van der Waals surface area contributed by atoms with Crippen molar-refractivity contribution in [3.8, 4) is 5.75 Å². The van der Waals surface area contributed by atoms with Crippen molar-refractivity contribution in [3.63, 3.8) is 0 Å². The number of nitrogens with one attached hydrogen (secondary N) is 2. The molecular formula is C30H24N2O7S. The number of carbonyl (C=O) groups excluding carboxylic acids is 2. The third-order valence-electron chi connectivity index (χ3n) is 5.79. The summed E-state index contributed by atoms with van der Waals surface area (Å²) in [4.78, 5) is 49.9. The van der Waals surface area contributed by atoms with Crippen LogP contribution in [0.3, 0.4) is 0 Å². The van der Waals surface area contributed by atoms with Crippen LogP contribution in [0.4, 0.5) is 11.4 Å². The SMILES string of the molecule is COc1ccc(NC(=O)C(Sc2cccc(NC(=O)c3ccc(C(=O)O)cc3C(=O)O)c2)c2ccccc2)cc1. The van der Waals surface area contributed by atoms with Crippen molar-refractivity contribution in [1.29, 1.82) is 0 Å². The van der Waals surface area contributed by atoms with Gasteiger partial charge in [-0.2, -0.15) is 0 Å². The van der Waals surface area contributed by atoms with E-state index < -0.39 is 28.7 Å². The van der Waals surface area contributed by atoms with E-state index in [1.807, 2.05) is 30.3 Å². The highest BCUT2D eigenvalue weighted by molar-refractivity contribution is 8.00. The number of hydrogen-bond donors (Lipinski definition) is 4. The zero-order valence-electron chi connectivity index (χ0n) is 21.2. The predicted octanol–water partition coefficient (Wildman–Crippen LogP) is 5.82. The highest BCUT2D eigenvalue weighted by Crippen LogP contribution is 2.37. The van der Waals surface area contributed by atoms with Crippen molar-refractivity contribution in [2.75, 3.05) is 17.7 Å². The van der Waals surface area contributed by atoms with Crippen molar-refractivity contribution in [1.82, 2.24) is 0 Å². The minimum atomic E-state index is -1.42. The van der Waals surface area contributed by atoms with E-state index in [-0.39, 0.29) is 17.0 Å². The molecule has 1 unspecified atom stereocenters. The van der Waals surface area contributed by atoms with Crippen molar-refractivity contribution >= 4 is 46.9 Å². The van der Waals surface area contributed by atoms with Crippen molar-refractivity contribution in [2.45, 2.75) is 10.1 Å². The number of carboxylic acids is 2. The van der Waals surface area contributed by atoms with Crippen LogP contribution in [0.15, 0.2) is 102 Å². The van der Waals surface area contributed by atoms with Crippen molar-refractivity contribution in [2.24, 2.45) is 0 Å². The minimum Gasteiger partial charge on any atom is -0.497 e. The summed E-state index contributed by atoms with van der Waals surface area (Å²) >= 11 is 1.28. The molecule has 0 saturated heterocycles. The van der Waals surface area contributed by atoms with Crippen LogP contribution in [0, 0.1) is 0 Å². The Kier molecular flexibility index (Phi) is 8.82. The first-order valence-corrected chi connectivity index (χ1v) is 12.8. The fourth-order valence-corrected chi connectivity index (χ4v) is 4.90. The quantitative estimate of drug-likeness (QED) is 0.179. The summed E-state index contributed by atoms with van der Waals surface area (Å²) in [5, 5.41) is 23.6. The average Bonchev–Trinajstić information content (AvgIpc) is 2.96. The Morgan fingerprint density at radius 3 is 2.10 bits per heavy atom. The number of hydrogen-bond acceptors (Lipinski definition) is 6. The lowest BCUT2D eigenvalue weighted by Crippen LogP contribution is -2.19. The van der Waals surface area contributed by atoms with Crippen molar-refractivity contribution < 1.29 is 34.1 Å². The van der Waals surface area contributed by atoms with Gasteiger partial charge in [0.15, 0.2) is 0 Å². The number of thioether (sulfide) groups is 1. The molecule has 4 aromatic rings. The Labute approximate surface area is 233 Å². The van der Waals surface area contributed by atoms with Crippen LogP contribution in [0.1, 0.15) is 41.9 Å². The molecule has 0 aliphatic carbocycles. The molecular weight excluding hydrogens is 532 g/mol. The number of ether oxygens (including phenoxy) is 1. The van der Waals surface area contributed by atoms with E-state index in [4.69, 9.17) is 9.84 Å². The summed E-state index contributed by atoms with van der Waals surface area (Å²) in [6.07, 6.45) is 0. The van der Waals surface area contributed by atoms with Gasteiger partial charge in [0.05, 0.1) is 23.8 Å². The van der Waals surface area contributed by atoms with Gasteiger partial charge >= 0.3 is 11.9 Å². The zero-order chi connectivity index (χ0) is 28.6. The molecule has 202 valence electrons. The molecule has 10 heteroatoms. The highest BCUT2D eigenvalue weighted by Gasteiger charge is 2.23. The van der Waals surface area contributed by atoms with Crippen LogP contribution in [0.2, 0.25) is 0 Å². The van der Waals surface area contributed by atoms with E-state index in [1.165, 1.54) is 17.8 Å². The van der Waals surface area contributed by atoms with Gasteiger partial charge in [-0.25, -0.2) is 9.59 Å². The van der Waals surface area contributed by atoms with Crippen LogP contribution in [-0.2, 0) is 4.79 Å². The first kappa shape index (κ1) is 27.9. The van der Waals surface area contributed by atoms with Crippen molar-refractivity contribution in [3.05, 3.63) is 119 Å². The Morgan fingerprint density at radius 2 is 1.45 bits per heavy atom. The fourth-order valence-electron chi connectivity index (χ4n) is 3.82. The van der Waals surface area contributed by atoms with Gasteiger partial charge in [-0.05, 0) is 66.2 Å². The topological polar surface area (TPSA) is 142 Å². The lowest BCUT2D eigenvalue weighted by molar-refractivity contribution is -0.115. The molecule has 4 N–H and O–H groups in total. The van der Waals surface area contributed by atoms with E-state index in [2.05, 4.69) is 10.6 Å². The number of carbonyl (C=O) groups is 4. The van der Waals surface area contributed by atoms with Gasteiger partial charge in [-0.1, -0.05) is 36.4 Å². The van der Waals surface area contributed by atoms with Crippen LogP contribution < -0.4 is 15.4 Å². The lowest BCUT2D eigenvalue weighted by Gasteiger charge is -2.18. The second kappa shape index (κ2) is 12.6. The van der Waals surface area contributed by atoms with Gasteiger partial charge in [0, 0.05) is 16.3 Å². The minimum absolute atomic E-state index is 0.184. The van der Waals surface area contributed by atoms with E-state index >= 15 is 0 Å². The molecule has 0 aromatic heterocycles. The lowest BCUT2D eigenvalue weighted by atomic mass is 10.0. The molecule has 0 saturated carbocycles. The predicted molar refractivity (Wildman–Crippen MR) is 151 cm³/mol. The smallest absolute Gasteiger partial charge is 0.336 e. The summed E-state index contributed by atoms with van der Waals surface area (Å²) in [7, 11) is 1.56. The third kappa shape index (κ3) is 6.86. The van der Waals surface area contributed by atoms with Crippen LogP contribution in [0.5, 0.6) is 5.75 Å². The summed E-state index contributed by atoms with van der Waals surface area (Å²) in [6, 6.07) is 26.3. The molecule has 9 nitrogen and oxygen atoms in total. The molecule has 1 atom stereocenters. The molecule has 0 aliphatic heterocycles. The number of rotatable bonds is 10. The first-order valence-electron chi connectivity index (χ1n) is 11.9. The maximum absolute atomic E-state index is 13.4. The Bertz CT molecular complexity index is 1560. The average molecular weight is 557 g/mol. The van der Waals surface area contributed by atoms with Crippen LogP contribution in [0.25, 0.3) is 0 Å². The molecule has 0 bridgehead atoms. The Morgan fingerprint density at radius 1 is 0.725 bits per heavy atom. The number of aromatic carboxylic acids is 2. The first-order chi connectivity index (χ1) is 19.2. The normalized spacial score (nSPS) is 11.2. The van der Waals surface area contributed by atoms with E-state index in [0.29, 0.717) is 22.0 Å². The molecule has 0 radical (unpaired) electrons. The highest BCUT2D eigenvalue weighted by atomic mass is 32.2. The van der Waals surface area contributed by atoms with Gasteiger partial charge in [0.1, 0.15) is 11.0 Å². The monoisotopic (exact) mass is 556 g/mol. The van der Waals surface area contributed by atoms with E-state index in [1.54, 1.807) is 55.6 Å². The molecule has 4 rings (SSSR count). The van der Waals surface area contributed by atoms with E-state index in [0.717, 1.165) is 17.7 Å². The third-order valence-corrected chi connectivity index (χ3v) is 7.03. The standard InChI is InChI=1S/C30H24N2O7S/c1-39-22-13-11-20(12-14-22)31-28(34)26(18-6-3-2-4-7-18)40-23-9-5-8-21(17-23)32-27(33)24-15-10-19(29(35)36)16-25(24)30(37)38/h2-17,26H,1H3,(H,31,34)(H,32,33)(H,35,36)(H,37,38). The molecule has 0 spiro atoms. The number of benzene rings is 4. The number of anilines is 2. The summed E-state index contributed by atoms with van der Waals surface area (Å²) in [5.41, 5.74) is 0.899. The molecule has 0 aliphatic rings. The van der Waals surface area contributed by atoms with Crippen LogP contribution in [-0.4, -0.2) is 41.1 Å². The Balaban J connectivity index is 1.55. The maximum atomic E-state index is 13.4. The van der Waals surface area contributed by atoms with Gasteiger partial charge in [-0.3, -0.25) is 9.59 Å². The van der Waals surface area contributed by atoms with E-state index in [9.17, 15) is 24.3 Å². The molecule has 0 heterocycles. The number of amides is 2. The summed E-state index contributed by atoms with van der Waals surface area (Å²) in [6.45, 7) is 0. The van der Waals surface area contributed by atoms with Gasteiger partial charge in [0.25, 0.3) is 5.91 Å². The zero-order valence-corrected chi connectivity index (χ0v) is 22.0. The Hall–Kier alpha value is -5.09. The van der Waals surface area contributed by atoms with Gasteiger partial charge in [-0.15, -0.1) is 11.8 Å². The number of methoxy groups -OCH3 is 1. The maximum Gasteiger partial charge on any atom is 0.336 e. The molecule has 0 fully saturated rings. The second-order valence-corrected chi connectivity index (χ2v) is 9.66. The second-order valence-electron chi connectivity index (χ2n) is 8.48. The largest absolute Gasteiger partial charge is 0.497 e. The summed E-state index contributed by atoms with van der Waals surface area (Å²) < 4.78 is 5.17. The molecule has 2 amide bonds. The van der Waals surface area contributed by atoms with Gasteiger partial charge in [0.2, 0.25) is 5.91 Å². The molecule has 40 heavy (non-hydrogen) atoms. The summed E-state index contributed by atoms with van der Waals surface area (Å²) in [5.74, 6) is -3.03. The number of carboxylic acid groups (broad SMARTS) is 2. The van der Waals surface area contributed by atoms with Crippen LogP contribution >= 0.6 is 11.8 Å². The molecule has 4 aromatic carbocycles. The van der Waals surface area contributed by atoms with Gasteiger partial charge < -0.3 is 25.6 Å². The fraction of sp³-hybridized carbons (Fsp3) is 0.0667.